The van der Waals surface area contributed by atoms with Crippen LogP contribution in [0.5, 0.6) is 0 Å². The second-order valence-electron chi connectivity index (χ2n) is 7.37. The third kappa shape index (κ3) is 5.25. The average molecular weight is 405 g/mol. The molecular weight excluding hydrogens is 379 g/mol. The SMILES string of the molecule is Cc1cccc([C@@H](CN2CCCC2)N(C)C(=O)Cc2ccc(Cl)c(Cl)c2)c1. The van der Waals surface area contributed by atoms with Crippen molar-refractivity contribution in [3.63, 3.8) is 0 Å². The van der Waals surface area contributed by atoms with Crippen LogP contribution in [0.3, 0.4) is 0 Å². The normalized spacial score (nSPS) is 15.7. The lowest BCUT2D eigenvalue weighted by Crippen LogP contribution is -2.39. The fourth-order valence-corrected chi connectivity index (χ4v) is 3.98. The van der Waals surface area contributed by atoms with Gasteiger partial charge in [0.2, 0.25) is 5.91 Å². The van der Waals surface area contributed by atoms with Gasteiger partial charge in [0.05, 0.1) is 22.5 Å². The minimum absolute atomic E-state index is 0.0401. The molecule has 0 unspecified atom stereocenters. The number of likely N-dealkylation sites (N-methyl/N-ethyl adjacent to an activating group) is 1. The van der Waals surface area contributed by atoms with Gasteiger partial charge in [0, 0.05) is 13.6 Å². The lowest BCUT2D eigenvalue weighted by molar-refractivity contribution is -0.131. The van der Waals surface area contributed by atoms with Crippen molar-refractivity contribution >= 4 is 29.1 Å². The number of carbonyl (C=O) groups is 1. The lowest BCUT2D eigenvalue weighted by atomic mass is 10.0. The molecule has 3 nitrogen and oxygen atoms in total. The molecule has 1 saturated heterocycles. The van der Waals surface area contributed by atoms with Crippen molar-refractivity contribution in [2.75, 3.05) is 26.7 Å². The summed E-state index contributed by atoms with van der Waals surface area (Å²) >= 11 is 12.1. The molecule has 5 heteroatoms. The van der Waals surface area contributed by atoms with Crippen LogP contribution >= 0.6 is 23.2 Å². The third-order valence-electron chi connectivity index (χ3n) is 5.26. The Kier molecular flexibility index (Phi) is 6.80. The molecule has 0 bridgehead atoms. The van der Waals surface area contributed by atoms with Crippen molar-refractivity contribution in [3.05, 3.63) is 69.2 Å². The molecular formula is C22H26Cl2N2O. The second-order valence-corrected chi connectivity index (χ2v) is 8.18. The molecule has 3 rings (SSSR count). The number of likely N-dealkylation sites (tertiary alicyclic amines) is 1. The van der Waals surface area contributed by atoms with Gasteiger partial charge in [-0.2, -0.15) is 0 Å². The molecule has 0 aliphatic carbocycles. The monoisotopic (exact) mass is 404 g/mol. The van der Waals surface area contributed by atoms with Crippen LogP contribution < -0.4 is 0 Å². The van der Waals surface area contributed by atoms with Crippen molar-refractivity contribution in [3.8, 4) is 0 Å². The molecule has 0 saturated carbocycles. The van der Waals surface area contributed by atoms with Crippen molar-refractivity contribution < 1.29 is 4.79 Å². The van der Waals surface area contributed by atoms with E-state index in [-0.39, 0.29) is 11.9 Å². The number of hydrogen-bond donors (Lipinski definition) is 0. The molecule has 0 radical (unpaired) electrons. The maximum Gasteiger partial charge on any atom is 0.227 e. The fraction of sp³-hybridized carbons (Fsp3) is 0.409. The number of nitrogens with zero attached hydrogens (tertiary/aromatic N) is 2. The maximum absolute atomic E-state index is 13.0. The third-order valence-corrected chi connectivity index (χ3v) is 6.00. The zero-order valence-electron chi connectivity index (χ0n) is 15.9. The molecule has 1 atom stereocenters. The van der Waals surface area contributed by atoms with Crippen LogP contribution in [0.1, 0.15) is 35.6 Å². The Morgan fingerprint density at radius 2 is 1.85 bits per heavy atom. The van der Waals surface area contributed by atoms with Crippen LogP contribution in [0.25, 0.3) is 0 Å². The molecule has 1 aliphatic rings. The quantitative estimate of drug-likeness (QED) is 0.665. The summed E-state index contributed by atoms with van der Waals surface area (Å²) < 4.78 is 0. The molecule has 2 aromatic carbocycles. The molecule has 27 heavy (non-hydrogen) atoms. The zero-order valence-corrected chi connectivity index (χ0v) is 17.4. The predicted molar refractivity (Wildman–Crippen MR) is 113 cm³/mol. The van der Waals surface area contributed by atoms with Crippen LogP contribution in [-0.2, 0) is 11.2 Å². The Hall–Kier alpha value is -1.55. The first-order valence-electron chi connectivity index (χ1n) is 9.42. The van der Waals surface area contributed by atoms with E-state index in [1.165, 1.54) is 24.0 Å². The van der Waals surface area contributed by atoms with Crippen molar-refractivity contribution in [2.45, 2.75) is 32.2 Å². The molecule has 0 spiro atoms. The molecule has 0 N–H and O–H groups in total. The van der Waals surface area contributed by atoms with Gasteiger partial charge in [0.1, 0.15) is 0 Å². The van der Waals surface area contributed by atoms with E-state index in [2.05, 4.69) is 36.1 Å². The number of benzene rings is 2. The Morgan fingerprint density at radius 1 is 1.11 bits per heavy atom. The molecule has 1 heterocycles. The van der Waals surface area contributed by atoms with Crippen molar-refractivity contribution in [1.82, 2.24) is 9.80 Å². The number of aryl methyl sites for hydroxylation is 1. The second kappa shape index (κ2) is 9.09. The van der Waals surface area contributed by atoms with Gasteiger partial charge in [-0.05, 0) is 56.1 Å². The summed E-state index contributed by atoms with van der Waals surface area (Å²) in [7, 11) is 1.91. The van der Waals surface area contributed by atoms with Crippen LogP contribution in [0.4, 0.5) is 0 Å². The number of halogens is 2. The highest BCUT2D eigenvalue weighted by Gasteiger charge is 2.25. The van der Waals surface area contributed by atoms with Gasteiger partial charge in [0.25, 0.3) is 0 Å². The van der Waals surface area contributed by atoms with Crippen LogP contribution in [0.2, 0.25) is 10.0 Å². The summed E-state index contributed by atoms with van der Waals surface area (Å²) in [6.07, 6.45) is 2.79. The summed E-state index contributed by atoms with van der Waals surface area (Å²) in [4.78, 5) is 17.4. The minimum atomic E-state index is 0.0401. The Bertz CT molecular complexity index is 803. The average Bonchev–Trinajstić information content (AvgIpc) is 3.15. The molecule has 1 fully saturated rings. The van der Waals surface area contributed by atoms with Crippen molar-refractivity contribution in [1.29, 1.82) is 0 Å². The van der Waals surface area contributed by atoms with E-state index in [0.717, 1.165) is 25.2 Å². The summed E-state index contributed by atoms with van der Waals surface area (Å²) in [5.74, 6) is 0.0825. The highest BCUT2D eigenvalue weighted by atomic mass is 35.5. The molecule has 1 amide bonds. The molecule has 0 aromatic heterocycles. The largest absolute Gasteiger partial charge is 0.337 e. The first kappa shape index (κ1) is 20.2. The molecule has 2 aromatic rings. The summed E-state index contributed by atoms with van der Waals surface area (Å²) in [5, 5.41) is 0.991. The maximum atomic E-state index is 13.0. The number of hydrogen-bond acceptors (Lipinski definition) is 2. The molecule has 144 valence electrons. The van der Waals surface area contributed by atoms with E-state index in [9.17, 15) is 4.79 Å². The van der Waals surface area contributed by atoms with E-state index < -0.39 is 0 Å². The first-order valence-corrected chi connectivity index (χ1v) is 10.2. The van der Waals surface area contributed by atoms with Crippen molar-refractivity contribution in [2.24, 2.45) is 0 Å². The van der Waals surface area contributed by atoms with Gasteiger partial charge in [-0.15, -0.1) is 0 Å². The smallest absolute Gasteiger partial charge is 0.227 e. The van der Waals surface area contributed by atoms with Gasteiger partial charge in [-0.25, -0.2) is 0 Å². The number of carbonyl (C=O) groups excluding carboxylic acids is 1. The summed E-state index contributed by atoms with van der Waals surface area (Å²) in [6.45, 7) is 5.18. The molecule has 1 aliphatic heterocycles. The fourth-order valence-electron chi connectivity index (χ4n) is 3.66. The van der Waals surface area contributed by atoms with Gasteiger partial charge >= 0.3 is 0 Å². The lowest BCUT2D eigenvalue weighted by Gasteiger charge is -2.32. The van der Waals surface area contributed by atoms with E-state index in [0.29, 0.717) is 16.5 Å². The van der Waals surface area contributed by atoms with E-state index in [4.69, 9.17) is 23.2 Å². The van der Waals surface area contributed by atoms with E-state index in [1.807, 2.05) is 18.0 Å². The highest BCUT2D eigenvalue weighted by Crippen LogP contribution is 2.26. The minimum Gasteiger partial charge on any atom is -0.337 e. The van der Waals surface area contributed by atoms with Gasteiger partial charge in [-0.1, -0.05) is 59.1 Å². The Morgan fingerprint density at radius 3 is 2.52 bits per heavy atom. The summed E-state index contributed by atoms with van der Waals surface area (Å²) in [6, 6.07) is 13.9. The van der Waals surface area contributed by atoms with Gasteiger partial charge < -0.3 is 9.80 Å². The standard InChI is InChI=1S/C22H26Cl2N2O/c1-16-6-5-7-18(12-16)21(15-26-10-3-4-11-26)25(2)22(27)14-17-8-9-19(23)20(24)13-17/h5-9,12-13,21H,3-4,10-11,14-15H2,1-2H3/t21-/m1/s1. The number of amides is 1. The van der Waals surface area contributed by atoms with Gasteiger partial charge in [-0.3, -0.25) is 4.79 Å². The number of rotatable bonds is 6. The van der Waals surface area contributed by atoms with E-state index >= 15 is 0 Å². The van der Waals surface area contributed by atoms with E-state index in [1.54, 1.807) is 12.1 Å². The first-order chi connectivity index (χ1) is 12.9. The summed E-state index contributed by atoms with van der Waals surface area (Å²) in [5.41, 5.74) is 3.28. The predicted octanol–water partition coefficient (Wildman–Crippen LogP) is 5.14. The van der Waals surface area contributed by atoms with Gasteiger partial charge in [0.15, 0.2) is 0 Å². The van der Waals surface area contributed by atoms with Crippen LogP contribution in [-0.4, -0.2) is 42.4 Å². The Balaban J connectivity index is 1.79. The highest BCUT2D eigenvalue weighted by molar-refractivity contribution is 6.42. The van der Waals surface area contributed by atoms with Crippen LogP contribution in [0, 0.1) is 6.92 Å². The zero-order chi connectivity index (χ0) is 19.4. The van der Waals surface area contributed by atoms with Crippen LogP contribution in [0.15, 0.2) is 42.5 Å². The topological polar surface area (TPSA) is 23.6 Å². The Labute approximate surface area is 171 Å².